The highest BCUT2D eigenvalue weighted by Gasteiger charge is 2.22. The second-order valence-corrected chi connectivity index (χ2v) is 4.36. The van der Waals surface area contributed by atoms with E-state index in [1.807, 2.05) is 55.5 Å². The second-order valence-electron chi connectivity index (χ2n) is 4.36. The van der Waals surface area contributed by atoms with Crippen molar-refractivity contribution < 1.29 is 9.53 Å². The van der Waals surface area contributed by atoms with Crippen LogP contribution in [0.2, 0.25) is 0 Å². The number of fused-ring (bicyclic) bond motifs is 1. The van der Waals surface area contributed by atoms with Crippen LogP contribution >= 0.6 is 0 Å². The summed E-state index contributed by atoms with van der Waals surface area (Å²) in [6, 6.07) is 15.1. The Kier molecular flexibility index (Phi) is 2.80. The Balaban J connectivity index is 2.03. The minimum Gasteiger partial charge on any atom is -0.461 e. The van der Waals surface area contributed by atoms with Gasteiger partial charge in [0.25, 0.3) is 5.91 Å². The Morgan fingerprint density at radius 2 is 1.79 bits per heavy atom. The molecule has 0 fully saturated rings. The molecule has 0 saturated carbocycles. The zero-order chi connectivity index (χ0) is 13.2. The number of benzene rings is 2. The lowest BCUT2D eigenvalue weighted by molar-refractivity contribution is 0.0995. The highest BCUT2D eigenvalue weighted by Crippen LogP contribution is 2.32. The fourth-order valence-electron chi connectivity index (χ4n) is 2.12. The van der Waals surface area contributed by atoms with Gasteiger partial charge in [0.1, 0.15) is 6.26 Å². The second kappa shape index (κ2) is 4.61. The van der Waals surface area contributed by atoms with Crippen molar-refractivity contribution in [1.82, 2.24) is 0 Å². The molecule has 0 atom stereocenters. The molecular weight excluding hydrogens is 238 g/mol. The molecule has 0 N–H and O–H groups in total. The zero-order valence-corrected chi connectivity index (χ0v) is 10.5. The first-order chi connectivity index (χ1) is 9.27. The maximum absolute atomic E-state index is 12.6. The van der Waals surface area contributed by atoms with Crippen LogP contribution in [0, 0.1) is 6.92 Å². The van der Waals surface area contributed by atoms with E-state index < -0.39 is 0 Å². The minimum absolute atomic E-state index is 0.0508. The third-order valence-corrected chi connectivity index (χ3v) is 3.12. The van der Waals surface area contributed by atoms with Crippen LogP contribution in [0.5, 0.6) is 5.75 Å². The first-order valence-electron chi connectivity index (χ1n) is 6.09. The molecule has 0 aromatic heterocycles. The number of hydrogen-bond acceptors (Lipinski definition) is 2. The number of anilines is 1. The number of nitrogens with zero attached hydrogens (tertiary/aromatic N) is 1. The Morgan fingerprint density at radius 3 is 2.63 bits per heavy atom. The lowest BCUT2D eigenvalue weighted by Gasteiger charge is -2.24. The Morgan fingerprint density at radius 1 is 1.05 bits per heavy atom. The summed E-state index contributed by atoms with van der Waals surface area (Å²) in [7, 11) is 0. The van der Waals surface area contributed by atoms with Crippen molar-refractivity contribution >= 4 is 11.6 Å². The van der Waals surface area contributed by atoms with E-state index in [1.165, 1.54) is 6.26 Å². The number of hydrogen-bond donors (Lipinski definition) is 0. The van der Waals surface area contributed by atoms with Crippen molar-refractivity contribution in [2.45, 2.75) is 6.92 Å². The first-order valence-corrected chi connectivity index (χ1v) is 6.09. The van der Waals surface area contributed by atoms with Crippen LogP contribution in [0.1, 0.15) is 15.9 Å². The molecule has 3 heteroatoms. The van der Waals surface area contributed by atoms with Gasteiger partial charge in [-0.2, -0.15) is 0 Å². The van der Waals surface area contributed by atoms with Crippen molar-refractivity contribution in [3.63, 3.8) is 0 Å². The molecule has 2 aromatic rings. The smallest absolute Gasteiger partial charge is 0.262 e. The van der Waals surface area contributed by atoms with Crippen molar-refractivity contribution in [1.29, 1.82) is 0 Å². The van der Waals surface area contributed by atoms with Gasteiger partial charge in [0.05, 0.1) is 5.69 Å². The first kappa shape index (κ1) is 11.5. The standard InChI is InChI=1S/C16H13NO2/c1-12-6-2-3-7-13(12)16(18)17-10-11-19-15-9-5-4-8-14(15)17/h2-11H,1H3. The monoisotopic (exact) mass is 251 g/mol. The number of amides is 1. The largest absolute Gasteiger partial charge is 0.461 e. The predicted molar refractivity (Wildman–Crippen MR) is 74.2 cm³/mol. The summed E-state index contributed by atoms with van der Waals surface area (Å²) in [6.45, 7) is 1.93. The van der Waals surface area contributed by atoms with Gasteiger partial charge in [-0.15, -0.1) is 0 Å². The van der Waals surface area contributed by atoms with E-state index in [9.17, 15) is 4.79 Å². The summed E-state index contributed by atoms with van der Waals surface area (Å²) in [5.41, 5.74) is 2.42. The van der Waals surface area contributed by atoms with E-state index in [2.05, 4.69) is 0 Å². The lowest BCUT2D eigenvalue weighted by atomic mass is 10.1. The van der Waals surface area contributed by atoms with Crippen LogP contribution in [0.25, 0.3) is 0 Å². The van der Waals surface area contributed by atoms with Crippen LogP contribution < -0.4 is 9.64 Å². The number of ether oxygens (including phenoxy) is 1. The quantitative estimate of drug-likeness (QED) is 0.776. The molecular formula is C16H13NO2. The van der Waals surface area contributed by atoms with E-state index in [4.69, 9.17) is 4.74 Å². The number of carbonyl (C=O) groups is 1. The highest BCUT2D eigenvalue weighted by atomic mass is 16.5. The van der Waals surface area contributed by atoms with Gasteiger partial charge in [-0.05, 0) is 30.7 Å². The molecule has 0 bridgehead atoms. The van der Waals surface area contributed by atoms with Gasteiger partial charge < -0.3 is 4.74 Å². The molecule has 0 spiro atoms. The van der Waals surface area contributed by atoms with E-state index in [0.29, 0.717) is 11.3 Å². The summed E-state index contributed by atoms with van der Waals surface area (Å²) in [4.78, 5) is 14.2. The molecule has 1 aliphatic heterocycles. The lowest BCUT2D eigenvalue weighted by Crippen LogP contribution is -2.28. The molecule has 3 rings (SSSR count). The van der Waals surface area contributed by atoms with Crippen LogP contribution in [0.15, 0.2) is 61.0 Å². The average molecular weight is 251 g/mol. The Hall–Kier alpha value is -2.55. The molecule has 0 unspecified atom stereocenters. The van der Waals surface area contributed by atoms with Gasteiger partial charge in [0.15, 0.2) is 5.75 Å². The van der Waals surface area contributed by atoms with Crippen LogP contribution in [-0.4, -0.2) is 5.91 Å². The van der Waals surface area contributed by atoms with Crippen molar-refractivity contribution in [3.8, 4) is 5.75 Å². The van der Waals surface area contributed by atoms with Gasteiger partial charge in [-0.3, -0.25) is 9.69 Å². The normalized spacial score (nSPS) is 12.8. The van der Waals surface area contributed by atoms with E-state index in [0.717, 1.165) is 11.3 Å². The molecule has 1 amide bonds. The molecule has 0 saturated heterocycles. The molecule has 0 radical (unpaired) electrons. The van der Waals surface area contributed by atoms with Crippen LogP contribution in [0.3, 0.4) is 0 Å². The maximum atomic E-state index is 12.6. The zero-order valence-electron chi connectivity index (χ0n) is 10.5. The molecule has 1 heterocycles. The van der Waals surface area contributed by atoms with Crippen molar-refractivity contribution in [2.75, 3.05) is 4.90 Å². The fourth-order valence-corrected chi connectivity index (χ4v) is 2.12. The Bertz CT molecular complexity index is 661. The van der Waals surface area contributed by atoms with Gasteiger partial charge in [0, 0.05) is 11.8 Å². The van der Waals surface area contributed by atoms with Gasteiger partial charge >= 0.3 is 0 Å². The number of aryl methyl sites for hydroxylation is 1. The predicted octanol–water partition coefficient (Wildman–Crippen LogP) is 3.51. The van der Waals surface area contributed by atoms with Crippen LogP contribution in [-0.2, 0) is 0 Å². The summed E-state index contributed by atoms with van der Waals surface area (Å²) in [6.07, 6.45) is 3.18. The molecule has 0 aliphatic carbocycles. The fraction of sp³-hybridized carbons (Fsp3) is 0.0625. The SMILES string of the molecule is Cc1ccccc1C(=O)N1C=COc2ccccc21. The summed E-state index contributed by atoms with van der Waals surface area (Å²) < 4.78 is 5.40. The maximum Gasteiger partial charge on any atom is 0.262 e. The average Bonchev–Trinajstić information content (AvgIpc) is 2.46. The molecule has 3 nitrogen and oxygen atoms in total. The molecule has 94 valence electrons. The summed E-state index contributed by atoms with van der Waals surface area (Å²) in [5, 5.41) is 0. The highest BCUT2D eigenvalue weighted by molar-refractivity contribution is 6.09. The topological polar surface area (TPSA) is 29.5 Å². The molecule has 1 aliphatic rings. The van der Waals surface area contributed by atoms with Gasteiger partial charge in [0.2, 0.25) is 0 Å². The molecule has 19 heavy (non-hydrogen) atoms. The number of carbonyl (C=O) groups excluding carboxylic acids is 1. The number of rotatable bonds is 1. The van der Waals surface area contributed by atoms with E-state index in [1.54, 1.807) is 11.1 Å². The van der Waals surface area contributed by atoms with Crippen molar-refractivity contribution in [3.05, 3.63) is 72.1 Å². The van der Waals surface area contributed by atoms with Crippen molar-refractivity contribution in [2.24, 2.45) is 0 Å². The third-order valence-electron chi connectivity index (χ3n) is 3.12. The van der Waals surface area contributed by atoms with E-state index >= 15 is 0 Å². The van der Waals surface area contributed by atoms with Gasteiger partial charge in [-0.1, -0.05) is 30.3 Å². The van der Waals surface area contributed by atoms with E-state index in [-0.39, 0.29) is 5.91 Å². The minimum atomic E-state index is -0.0508. The van der Waals surface area contributed by atoms with Crippen LogP contribution in [0.4, 0.5) is 5.69 Å². The summed E-state index contributed by atoms with van der Waals surface area (Å²) >= 11 is 0. The molecule has 2 aromatic carbocycles. The number of para-hydroxylation sites is 2. The van der Waals surface area contributed by atoms with Gasteiger partial charge in [-0.25, -0.2) is 0 Å². The summed E-state index contributed by atoms with van der Waals surface area (Å²) in [5.74, 6) is 0.636. The third kappa shape index (κ3) is 1.99. The Labute approximate surface area is 111 Å².